The SMILES string of the molecule is COc1ccc(-c2ccc(CN[C@H]3CN4CCC3CC4)o2)cc1Cl. The first-order valence-electron chi connectivity index (χ1n) is 8.61. The number of nitrogens with zero attached hydrogens (tertiary/aromatic N) is 1. The minimum Gasteiger partial charge on any atom is -0.495 e. The van der Waals surface area contributed by atoms with Crippen LogP contribution in [0.1, 0.15) is 18.6 Å². The lowest BCUT2D eigenvalue weighted by Gasteiger charge is -2.45. The molecule has 24 heavy (non-hydrogen) atoms. The van der Waals surface area contributed by atoms with Gasteiger partial charge in [-0.3, -0.25) is 0 Å². The highest BCUT2D eigenvalue weighted by atomic mass is 35.5. The molecule has 4 heterocycles. The van der Waals surface area contributed by atoms with Crippen LogP contribution in [0.3, 0.4) is 0 Å². The molecule has 128 valence electrons. The van der Waals surface area contributed by atoms with Crippen LogP contribution in [0.5, 0.6) is 5.75 Å². The minimum absolute atomic E-state index is 0.594. The third-order valence-corrected chi connectivity index (χ3v) is 5.59. The van der Waals surface area contributed by atoms with E-state index in [1.807, 2.05) is 30.3 Å². The van der Waals surface area contributed by atoms with E-state index in [9.17, 15) is 0 Å². The van der Waals surface area contributed by atoms with Crippen molar-refractivity contribution in [3.05, 3.63) is 41.1 Å². The van der Waals surface area contributed by atoms with Gasteiger partial charge < -0.3 is 19.4 Å². The maximum Gasteiger partial charge on any atom is 0.137 e. The summed E-state index contributed by atoms with van der Waals surface area (Å²) in [7, 11) is 1.62. The molecule has 3 aliphatic rings. The highest BCUT2D eigenvalue weighted by Crippen LogP contribution is 2.31. The van der Waals surface area contributed by atoms with E-state index < -0.39 is 0 Å². The second-order valence-electron chi connectivity index (χ2n) is 6.74. The summed E-state index contributed by atoms with van der Waals surface area (Å²) < 4.78 is 11.2. The molecule has 0 saturated carbocycles. The zero-order valence-corrected chi connectivity index (χ0v) is 14.7. The maximum atomic E-state index is 6.20. The number of rotatable bonds is 5. The molecule has 3 saturated heterocycles. The Hall–Kier alpha value is -1.49. The molecule has 0 spiro atoms. The predicted molar refractivity (Wildman–Crippen MR) is 95.5 cm³/mol. The summed E-state index contributed by atoms with van der Waals surface area (Å²) >= 11 is 6.20. The molecule has 1 N–H and O–H groups in total. The first kappa shape index (κ1) is 16.0. The topological polar surface area (TPSA) is 37.6 Å². The van der Waals surface area contributed by atoms with Crippen molar-refractivity contribution >= 4 is 11.6 Å². The average Bonchev–Trinajstić information content (AvgIpc) is 3.10. The summed E-state index contributed by atoms with van der Waals surface area (Å²) in [4.78, 5) is 2.56. The number of hydrogen-bond donors (Lipinski definition) is 1. The van der Waals surface area contributed by atoms with Gasteiger partial charge in [-0.1, -0.05) is 11.6 Å². The van der Waals surface area contributed by atoms with E-state index in [1.165, 1.54) is 32.5 Å². The van der Waals surface area contributed by atoms with E-state index in [2.05, 4.69) is 10.2 Å². The van der Waals surface area contributed by atoms with Gasteiger partial charge in [-0.05, 0) is 62.2 Å². The third-order valence-electron chi connectivity index (χ3n) is 5.29. The van der Waals surface area contributed by atoms with Crippen LogP contribution in [-0.4, -0.2) is 37.7 Å². The van der Waals surface area contributed by atoms with Gasteiger partial charge in [0.05, 0.1) is 18.7 Å². The second-order valence-corrected chi connectivity index (χ2v) is 7.15. The fourth-order valence-electron chi connectivity index (χ4n) is 3.88. The third kappa shape index (κ3) is 3.18. The summed E-state index contributed by atoms with van der Waals surface area (Å²) in [5.41, 5.74) is 0.967. The molecule has 3 fully saturated rings. The Kier molecular flexibility index (Phi) is 4.53. The molecule has 5 rings (SSSR count). The van der Waals surface area contributed by atoms with Gasteiger partial charge in [0.2, 0.25) is 0 Å². The summed E-state index contributed by atoms with van der Waals surface area (Å²) in [6.45, 7) is 4.49. The van der Waals surface area contributed by atoms with Crippen LogP contribution in [0.2, 0.25) is 5.02 Å². The highest BCUT2D eigenvalue weighted by molar-refractivity contribution is 6.32. The van der Waals surface area contributed by atoms with Crippen LogP contribution < -0.4 is 10.1 Å². The Bertz CT molecular complexity index is 707. The van der Waals surface area contributed by atoms with Crippen LogP contribution in [0.25, 0.3) is 11.3 Å². The zero-order valence-electron chi connectivity index (χ0n) is 13.9. The van der Waals surface area contributed by atoms with Crippen molar-refractivity contribution in [2.24, 2.45) is 5.92 Å². The number of ether oxygens (including phenoxy) is 1. The van der Waals surface area contributed by atoms with Crippen molar-refractivity contribution in [1.29, 1.82) is 0 Å². The van der Waals surface area contributed by atoms with Gasteiger partial charge in [-0.15, -0.1) is 0 Å². The van der Waals surface area contributed by atoms with Crippen LogP contribution in [0.4, 0.5) is 0 Å². The molecule has 1 aromatic carbocycles. The second kappa shape index (κ2) is 6.79. The number of methoxy groups -OCH3 is 1. The molecule has 4 nitrogen and oxygen atoms in total. The molecule has 0 aliphatic carbocycles. The normalized spacial score (nSPS) is 25.8. The van der Waals surface area contributed by atoms with E-state index >= 15 is 0 Å². The van der Waals surface area contributed by atoms with Crippen LogP contribution in [0, 0.1) is 5.92 Å². The molecule has 5 heteroatoms. The van der Waals surface area contributed by atoms with Crippen molar-refractivity contribution in [2.45, 2.75) is 25.4 Å². The summed E-state index contributed by atoms with van der Waals surface area (Å²) in [5, 5.41) is 4.28. The summed E-state index contributed by atoms with van der Waals surface area (Å²) in [6.07, 6.45) is 2.65. The van der Waals surface area contributed by atoms with E-state index in [1.54, 1.807) is 7.11 Å². The molecule has 2 aromatic rings. The Morgan fingerprint density at radius 3 is 2.75 bits per heavy atom. The number of fused-ring (bicyclic) bond motifs is 3. The monoisotopic (exact) mass is 346 g/mol. The van der Waals surface area contributed by atoms with Crippen molar-refractivity contribution < 1.29 is 9.15 Å². The Morgan fingerprint density at radius 2 is 2.08 bits per heavy atom. The molecule has 1 atom stereocenters. The molecule has 2 bridgehead atoms. The molecule has 0 unspecified atom stereocenters. The number of furan rings is 1. The van der Waals surface area contributed by atoms with E-state index in [4.69, 9.17) is 20.8 Å². The summed E-state index contributed by atoms with van der Waals surface area (Å²) in [6, 6.07) is 10.4. The highest BCUT2D eigenvalue weighted by Gasteiger charge is 2.33. The Balaban J connectivity index is 1.40. The van der Waals surface area contributed by atoms with Gasteiger partial charge in [0, 0.05) is 18.2 Å². The van der Waals surface area contributed by atoms with Gasteiger partial charge in [0.15, 0.2) is 0 Å². The molecule has 0 radical (unpaired) electrons. The molecular weight excluding hydrogens is 324 g/mol. The van der Waals surface area contributed by atoms with E-state index in [-0.39, 0.29) is 0 Å². The molecule has 0 amide bonds. The van der Waals surface area contributed by atoms with Gasteiger partial charge in [0.25, 0.3) is 0 Å². The first-order valence-corrected chi connectivity index (χ1v) is 8.99. The van der Waals surface area contributed by atoms with E-state index in [0.29, 0.717) is 16.8 Å². The van der Waals surface area contributed by atoms with Gasteiger partial charge in [-0.25, -0.2) is 0 Å². The number of halogens is 1. The lowest BCUT2D eigenvalue weighted by Crippen LogP contribution is -2.55. The molecule has 3 aliphatic heterocycles. The van der Waals surface area contributed by atoms with Crippen LogP contribution >= 0.6 is 11.6 Å². The predicted octanol–water partition coefficient (Wildman–Crippen LogP) is 3.79. The lowest BCUT2D eigenvalue weighted by atomic mass is 9.84. The number of piperidine rings is 3. The van der Waals surface area contributed by atoms with Crippen molar-refractivity contribution in [2.75, 3.05) is 26.7 Å². The first-order chi connectivity index (χ1) is 11.7. The summed E-state index contributed by atoms with van der Waals surface area (Å²) in [5.74, 6) is 3.31. The minimum atomic E-state index is 0.594. The quantitative estimate of drug-likeness (QED) is 0.893. The zero-order chi connectivity index (χ0) is 16.5. The lowest BCUT2D eigenvalue weighted by molar-refractivity contribution is 0.0711. The molecule has 1 aromatic heterocycles. The fraction of sp³-hybridized carbons (Fsp3) is 0.474. The Morgan fingerprint density at radius 1 is 1.25 bits per heavy atom. The largest absolute Gasteiger partial charge is 0.495 e. The number of hydrogen-bond acceptors (Lipinski definition) is 4. The van der Waals surface area contributed by atoms with Crippen molar-refractivity contribution in [3.8, 4) is 17.1 Å². The van der Waals surface area contributed by atoms with Crippen molar-refractivity contribution in [3.63, 3.8) is 0 Å². The van der Waals surface area contributed by atoms with Gasteiger partial charge in [-0.2, -0.15) is 0 Å². The van der Waals surface area contributed by atoms with E-state index in [0.717, 1.165) is 29.5 Å². The molecular formula is C19H23ClN2O2. The van der Waals surface area contributed by atoms with Crippen LogP contribution in [-0.2, 0) is 6.54 Å². The Labute approximate surface area is 147 Å². The number of nitrogens with one attached hydrogen (secondary N) is 1. The fourth-order valence-corrected chi connectivity index (χ4v) is 4.13. The average molecular weight is 347 g/mol. The maximum absolute atomic E-state index is 6.20. The number of benzene rings is 1. The smallest absolute Gasteiger partial charge is 0.137 e. The standard InChI is InChI=1S/C19H23ClN2O2/c1-23-19-4-2-14(10-16(19)20)18-5-3-15(24-18)11-21-17-12-22-8-6-13(17)7-9-22/h2-5,10,13,17,21H,6-9,11-12H2,1H3/t17-/m0/s1. The van der Waals surface area contributed by atoms with Crippen molar-refractivity contribution in [1.82, 2.24) is 10.2 Å². The van der Waals surface area contributed by atoms with Crippen LogP contribution in [0.15, 0.2) is 34.7 Å². The van der Waals surface area contributed by atoms with Gasteiger partial charge >= 0.3 is 0 Å². The van der Waals surface area contributed by atoms with Gasteiger partial charge in [0.1, 0.15) is 17.3 Å².